The average molecular weight is 224 g/mol. The van der Waals surface area contributed by atoms with Gasteiger partial charge in [-0.15, -0.1) is 0 Å². The van der Waals surface area contributed by atoms with Gasteiger partial charge in [0, 0.05) is 18.8 Å². The van der Waals surface area contributed by atoms with E-state index in [0.717, 1.165) is 12.2 Å². The third-order valence-electron chi connectivity index (χ3n) is 2.36. The Hall–Kier alpha value is -0.540. The van der Waals surface area contributed by atoms with Gasteiger partial charge in [0.2, 0.25) is 0 Å². The maximum Gasteiger partial charge on any atom is 0.0541 e. The molecular weight excluding hydrogens is 204 g/mol. The highest BCUT2D eigenvalue weighted by molar-refractivity contribution is 7.98. The fraction of sp³-hybridized carbons (Fsp3) is 0.583. The Bertz CT molecular complexity index is 271. The third kappa shape index (κ3) is 5.19. The molecule has 1 heterocycles. The van der Waals surface area contributed by atoms with Crippen molar-refractivity contribution in [1.29, 1.82) is 0 Å². The predicted octanol–water partition coefficient (Wildman–Crippen LogP) is 2.62. The molecule has 0 aromatic carbocycles. The number of hydrogen-bond acceptors (Lipinski definition) is 3. The van der Waals surface area contributed by atoms with Crippen LogP contribution in [0.15, 0.2) is 18.3 Å². The van der Waals surface area contributed by atoms with Gasteiger partial charge in [-0.2, -0.15) is 11.8 Å². The Morgan fingerprint density at radius 1 is 1.47 bits per heavy atom. The first-order valence-corrected chi connectivity index (χ1v) is 6.75. The van der Waals surface area contributed by atoms with Crippen LogP contribution in [0.1, 0.15) is 24.6 Å². The molecule has 0 saturated heterocycles. The average Bonchev–Trinajstić information content (AvgIpc) is 2.25. The highest BCUT2D eigenvalue weighted by Crippen LogP contribution is 2.02. The molecule has 3 heteroatoms. The van der Waals surface area contributed by atoms with E-state index in [4.69, 9.17) is 0 Å². The van der Waals surface area contributed by atoms with Gasteiger partial charge in [0.15, 0.2) is 0 Å². The molecule has 1 atom stereocenters. The first kappa shape index (κ1) is 12.5. The summed E-state index contributed by atoms with van der Waals surface area (Å²) in [4.78, 5) is 4.36. The summed E-state index contributed by atoms with van der Waals surface area (Å²) >= 11 is 1.90. The standard InChI is InChI=1S/C12H20N2S/c1-10-4-5-12(14-8-10)9-13-11(2)6-7-15-3/h4-5,8,11,13H,6-7,9H2,1-3H3. The summed E-state index contributed by atoms with van der Waals surface area (Å²) in [7, 11) is 0. The van der Waals surface area contributed by atoms with Gasteiger partial charge in [0.05, 0.1) is 5.69 Å². The molecule has 0 saturated carbocycles. The molecule has 2 nitrogen and oxygen atoms in total. The van der Waals surface area contributed by atoms with E-state index in [1.165, 1.54) is 17.7 Å². The van der Waals surface area contributed by atoms with Gasteiger partial charge < -0.3 is 5.32 Å². The second-order valence-corrected chi connectivity index (χ2v) is 4.88. The molecule has 0 aliphatic carbocycles. The SMILES string of the molecule is CSCCC(C)NCc1ccc(C)cn1. The van der Waals surface area contributed by atoms with Crippen LogP contribution < -0.4 is 5.32 Å². The summed E-state index contributed by atoms with van der Waals surface area (Å²) in [6.07, 6.45) is 5.28. The number of nitrogens with one attached hydrogen (secondary N) is 1. The van der Waals surface area contributed by atoms with Crippen molar-refractivity contribution >= 4 is 11.8 Å². The summed E-state index contributed by atoms with van der Waals surface area (Å²) in [6.45, 7) is 5.16. The van der Waals surface area contributed by atoms with Crippen molar-refractivity contribution < 1.29 is 0 Å². The molecule has 0 radical (unpaired) electrons. The zero-order chi connectivity index (χ0) is 11.1. The van der Waals surface area contributed by atoms with Crippen molar-refractivity contribution in [1.82, 2.24) is 10.3 Å². The zero-order valence-electron chi connectivity index (χ0n) is 9.79. The number of thioether (sulfide) groups is 1. The van der Waals surface area contributed by atoms with E-state index in [1.54, 1.807) is 0 Å². The highest BCUT2D eigenvalue weighted by atomic mass is 32.2. The third-order valence-corrected chi connectivity index (χ3v) is 3.00. The molecule has 1 aromatic heterocycles. The molecule has 0 spiro atoms. The Morgan fingerprint density at radius 2 is 2.27 bits per heavy atom. The Morgan fingerprint density at radius 3 is 2.87 bits per heavy atom. The van der Waals surface area contributed by atoms with Crippen molar-refractivity contribution in [2.24, 2.45) is 0 Å². The predicted molar refractivity (Wildman–Crippen MR) is 68.3 cm³/mol. The van der Waals surface area contributed by atoms with Gasteiger partial charge in [-0.3, -0.25) is 4.98 Å². The number of rotatable bonds is 6. The van der Waals surface area contributed by atoms with E-state index in [0.29, 0.717) is 6.04 Å². The molecular formula is C12H20N2S. The van der Waals surface area contributed by atoms with Crippen LogP contribution in [0.4, 0.5) is 0 Å². The van der Waals surface area contributed by atoms with Crippen LogP contribution in [0.5, 0.6) is 0 Å². The van der Waals surface area contributed by atoms with Crippen molar-refractivity contribution in [2.75, 3.05) is 12.0 Å². The quantitative estimate of drug-likeness (QED) is 0.804. The number of nitrogens with zero attached hydrogens (tertiary/aromatic N) is 1. The van der Waals surface area contributed by atoms with E-state index in [1.807, 2.05) is 18.0 Å². The molecule has 1 aromatic rings. The van der Waals surface area contributed by atoms with Crippen LogP contribution in [-0.4, -0.2) is 23.0 Å². The van der Waals surface area contributed by atoms with Crippen LogP contribution in [0.2, 0.25) is 0 Å². The molecule has 0 amide bonds. The molecule has 1 N–H and O–H groups in total. The minimum Gasteiger partial charge on any atom is -0.309 e. The maximum absolute atomic E-state index is 4.36. The fourth-order valence-corrected chi connectivity index (χ4v) is 1.87. The van der Waals surface area contributed by atoms with Crippen LogP contribution >= 0.6 is 11.8 Å². The van der Waals surface area contributed by atoms with Gasteiger partial charge in [0.1, 0.15) is 0 Å². The molecule has 84 valence electrons. The first-order chi connectivity index (χ1) is 7.22. The summed E-state index contributed by atoms with van der Waals surface area (Å²) in [5.74, 6) is 1.22. The van der Waals surface area contributed by atoms with Crippen LogP contribution in [0.25, 0.3) is 0 Å². The summed E-state index contributed by atoms with van der Waals surface area (Å²) in [5, 5.41) is 3.48. The van der Waals surface area contributed by atoms with Crippen LogP contribution in [0, 0.1) is 6.92 Å². The van der Waals surface area contributed by atoms with Gasteiger partial charge in [0.25, 0.3) is 0 Å². The number of pyridine rings is 1. The maximum atomic E-state index is 4.36. The largest absolute Gasteiger partial charge is 0.309 e. The molecule has 1 rings (SSSR count). The topological polar surface area (TPSA) is 24.9 Å². The molecule has 0 aliphatic rings. The lowest BCUT2D eigenvalue weighted by molar-refractivity contribution is 0.532. The fourth-order valence-electron chi connectivity index (χ4n) is 1.28. The summed E-state index contributed by atoms with van der Waals surface area (Å²) < 4.78 is 0. The summed E-state index contributed by atoms with van der Waals surface area (Å²) in [6, 6.07) is 4.76. The Balaban J connectivity index is 2.27. The lowest BCUT2D eigenvalue weighted by Crippen LogP contribution is -2.26. The number of aryl methyl sites for hydroxylation is 1. The van der Waals surface area contributed by atoms with Gasteiger partial charge >= 0.3 is 0 Å². The zero-order valence-corrected chi connectivity index (χ0v) is 10.6. The lowest BCUT2D eigenvalue weighted by Gasteiger charge is -2.12. The minimum atomic E-state index is 0.570. The van der Waals surface area contributed by atoms with Crippen LogP contribution in [0.3, 0.4) is 0 Å². The summed E-state index contributed by atoms with van der Waals surface area (Å²) in [5.41, 5.74) is 2.34. The lowest BCUT2D eigenvalue weighted by atomic mass is 10.2. The number of hydrogen-bond donors (Lipinski definition) is 1. The minimum absolute atomic E-state index is 0.570. The van der Waals surface area contributed by atoms with E-state index < -0.39 is 0 Å². The van der Waals surface area contributed by atoms with E-state index in [9.17, 15) is 0 Å². The van der Waals surface area contributed by atoms with Crippen molar-refractivity contribution in [3.8, 4) is 0 Å². The van der Waals surface area contributed by atoms with Gasteiger partial charge in [-0.05, 0) is 43.9 Å². The molecule has 15 heavy (non-hydrogen) atoms. The highest BCUT2D eigenvalue weighted by Gasteiger charge is 2.01. The van der Waals surface area contributed by atoms with Crippen molar-refractivity contribution in [2.45, 2.75) is 32.9 Å². The van der Waals surface area contributed by atoms with Crippen LogP contribution in [-0.2, 0) is 6.54 Å². The van der Waals surface area contributed by atoms with Gasteiger partial charge in [-0.1, -0.05) is 6.07 Å². The second kappa shape index (κ2) is 6.85. The van der Waals surface area contributed by atoms with Crippen molar-refractivity contribution in [3.05, 3.63) is 29.6 Å². The molecule has 0 fully saturated rings. The molecule has 0 bridgehead atoms. The Kier molecular flexibility index (Phi) is 5.73. The Labute approximate surface area is 96.9 Å². The van der Waals surface area contributed by atoms with Gasteiger partial charge in [-0.25, -0.2) is 0 Å². The van der Waals surface area contributed by atoms with E-state index in [2.05, 4.69) is 42.5 Å². The first-order valence-electron chi connectivity index (χ1n) is 5.36. The molecule has 0 aliphatic heterocycles. The second-order valence-electron chi connectivity index (χ2n) is 3.89. The monoisotopic (exact) mass is 224 g/mol. The van der Waals surface area contributed by atoms with E-state index >= 15 is 0 Å². The van der Waals surface area contributed by atoms with Crippen molar-refractivity contribution in [3.63, 3.8) is 0 Å². The number of aromatic nitrogens is 1. The smallest absolute Gasteiger partial charge is 0.0541 e. The van der Waals surface area contributed by atoms with E-state index in [-0.39, 0.29) is 0 Å². The molecule has 1 unspecified atom stereocenters. The normalized spacial score (nSPS) is 12.7.